The number of hydrogen-bond acceptors (Lipinski definition) is 7. The number of aldehydes is 1. The summed E-state index contributed by atoms with van der Waals surface area (Å²) in [6, 6.07) is -3.76. The van der Waals surface area contributed by atoms with Crippen LogP contribution in [-0.2, 0) is 24.0 Å². The molecule has 4 aliphatic carbocycles. The van der Waals surface area contributed by atoms with Gasteiger partial charge in [-0.05, 0) is 66.1 Å². The number of amides is 5. The topological polar surface area (TPSA) is 180 Å². The Hall–Kier alpha value is -3.02. The molecule has 0 bridgehead atoms. The van der Waals surface area contributed by atoms with Gasteiger partial charge in [-0.2, -0.15) is 0 Å². The predicted octanol–water partition coefficient (Wildman–Crippen LogP) is 4.13. The molecule has 0 aromatic rings. The summed E-state index contributed by atoms with van der Waals surface area (Å²) in [6.07, 6.45) is 11.5. The highest BCUT2D eigenvalue weighted by Crippen LogP contribution is 2.88. The van der Waals surface area contributed by atoms with Gasteiger partial charge in [-0.3, -0.25) is 24.0 Å². The summed E-state index contributed by atoms with van der Waals surface area (Å²) < 4.78 is 0. The first-order chi connectivity index (χ1) is 24.1. The minimum Gasteiger partial charge on any atom is -0.352 e. The Morgan fingerprint density at radius 2 is 1.46 bits per heavy atom. The average Bonchev–Trinajstić information content (AvgIpc) is 3.24. The lowest BCUT2D eigenvalue weighted by Gasteiger charge is -2.38. The summed E-state index contributed by atoms with van der Waals surface area (Å²) in [4.78, 5) is 82.0. The first-order valence-electron chi connectivity index (χ1n) is 19.9. The van der Waals surface area contributed by atoms with E-state index in [1.54, 1.807) is 4.90 Å². The molecule has 4 saturated carbocycles. The highest BCUT2D eigenvalue weighted by Gasteiger charge is 2.85. The Kier molecular flexibility index (Phi) is 11.1. The fourth-order valence-corrected chi connectivity index (χ4v) is 10.2. The molecule has 5 aliphatic rings. The number of urea groups is 1. The first kappa shape index (κ1) is 40.2. The van der Waals surface area contributed by atoms with Crippen LogP contribution in [0, 0.1) is 33.0 Å². The minimum absolute atomic E-state index is 0.0453. The lowest BCUT2D eigenvalue weighted by atomic mass is 9.73. The second-order valence-electron chi connectivity index (χ2n) is 19.7. The molecular formula is C40H66N6O6. The van der Waals surface area contributed by atoms with Crippen molar-refractivity contribution in [3.05, 3.63) is 0 Å². The molecule has 2 spiro atoms. The Morgan fingerprint density at radius 1 is 0.827 bits per heavy atom. The molecule has 6 N–H and O–H groups in total. The highest BCUT2D eigenvalue weighted by molar-refractivity contribution is 6.28. The van der Waals surface area contributed by atoms with Crippen LogP contribution >= 0.6 is 0 Å². The van der Waals surface area contributed by atoms with Gasteiger partial charge in [0.1, 0.15) is 12.1 Å². The molecule has 5 amide bonds. The number of fused-ring (bicyclic) bond motifs is 1. The van der Waals surface area contributed by atoms with Crippen LogP contribution in [-0.4, -0.2) is 83.5 Å². The number of carbonyl (C=O) groups excluding carboxylic acids is 6. The fraction of sp³-hybridized carbons (Fsp3) is 0.850. The average molecular weight is 727 g/mol. The number of ketones is 1. The van der Waals surface area contributed by atoms with Gasteiger partial charge in [0.15, 0.2) is 6.29 Å². The van der Waals surface area contributed by atoms with E-state index < -0.39 is 58.3 Å². The molecule has 5 atom stereocenters. The number of carbonyl (C=O) groups is 6. The molecule has 0 aromatic heterocycles. The van der Waals surface area contributed by atoms with E-state index in [2.05, 4.69) is 35.1 Å². The van der Waals surface area contributed by atoms with Gasteiger partial charge in [-0.15, -0.1) is 0 Å². The molecular weight excluding hydrogens is 660 g/mol. The molecule has 12 nitrogen and oxygen atoms in total. The van der Waals surface area contributed by atoms with Crippen molar-refractivity contribution in [3.8, 4) is 0 Å². The Labute approximate surface area is 310 Å². The van der Waals surface area contributed by atoms with E-state index in [1.807, 2.05) is 41.5 Å². The van der Waals surface area contributed by atoms with E-state index in [0.717, 1.165) is 57.8 Å². The Morgan fingerprint density at radius 3 is 1.94 bits per heavy atom. The molecule has 52 heavy (non-hydrogen) atoms. The monoisotopic (exact) mass is 727 g/mol. The smallest absolute Gasteiger partial charge is 0.315 e. The molecule has 1 heterocycles. The maximum absolute atomic E-state index is 14.8. The Bertz CT molecular complexity index is 1420. The zero-order valence-corrected chi connectivity index (χ0v) is 33.0. The van der Waals surface area contributed by atoms with Crippen LogP contribution in [0.3, 0.4) is 0 Å². The largest absolute Gasteiger partial charge is 0.352 e. The Balaban J connectivity index is 1.34. The number of nitrogens with one attached hydrogen (secondary N) is 4. The minimum atomic E-state index is -0.982. The van der Waals surface area contributed by atoms with Crippen LogP contribution in [0.15, 0.2) is 0 Å². The van der Waals surface area contributed by atoms with Gasteiger partial charge >= 0.3 is 6.03 Å². The van der Waals surface area contributed by atoms with Crippen LogP contribution in [0.25, 0.3) is 0 Å². The number of hydrogen-bond donors (Lipinski definition) is 5. The predicted molar refractivity (Wildman–Crippen MR) is 199 cm³/mol. The first-order valence-corrected chi connectivity index (χ1v) is 19.9. The summed E-state index contributed by atoms with van der Waals surface area (Å²) >= 11 is 0. The van der Waals surface area contributed by atoms with Crippen LogP contribution in [0.2, 0.25) is 0 Å². The van der Waals surface area contributed by atoms with Crippen LogP contribution in [0.5, 0.6) is 0 Å². The number of nitrogens with two attached hydrogens (primary N) is 1. The summed E-state index contributed by atoms with van der Waals surface area (Å²) in [6.45, 7) is 16.6. The van der Waals surface area contributed by atoms with Gasteiger partial charge in [0.25, 0.3) is 0 Å². The summed E-state index contributed by atoms with van der Waals surface area (Å²) in [5.41, 5.74) is 4.11. The molecule has 0 radical (unpaired) electrons. The number of rotatable bonds is 12. The van der Waals surface area contributed by atoms with Crippen molar-refractivity contribution in [3.63, 3.8) is 0 Å². The van der Waals surface area contributed by atoms with E-state index in [4.69, 9.17) is 5.73 Å². The third-order valence-corrected chi connectivity index (χ3v) is 14.4. The van der Waals surface area contributed by atoms with Crippen molar-refractivity contribution >= 4 is 35.8 Å². The fourth-order valence-electron chi connectivity index (χ4n) is 10.2. The molecule has 5 fully saturated rings. The van der Waals surface area contributed by atoms with Crippen molar-refractivity contribution < 1.29 is 28.8 Å². The van der Waals surface area contributed by atoms with Gasteiger partial charge in [0, 0.05) is 18.5 Å². The lowest BCUT2D eigenvalue weighted by molar-refractivity contribution is -0.143. The highest BCUT2D eigenvalue weighted by atomic mass is 16.2. The van der Waals surface area contributed by atoms with Crippen LogP contribution < -0.4 is 27.0 Å². The molecule has 5 rings (SSSR count). The standard InChI is InChI=1S/C40H66N6O6/c1-35(2,3)29(22-42-33(51)38(41)16-10-9-11-17-38)44-34(52)45-30(36(4,5)6)32(50)46-24-40(37(7,8)39(40)18-13-19-39)21-27(46)31(49)43-26(28(48)23-47)20-25-14-12-15-25/h23,25-27,29-30H,9-22,24,41H2,1-8H3,(H,42,51)(H,43,49)(H2,44,45,52)/t26?,27-,29+,30+,40+/m0/s1. The van der Waals surface area contributed by atoms with Crippen molar-refractivity contribution in [2.45, 2.75) is 169 Å². The molecule has 1 saturated heterocycles. The summed E-state index contributed by atoms with van der Waals surface area (Å²) in [5, 5.41) is 11.9. The van der Waals surface area contributed by atoms with Gasteiger partial charge in [-0.25, -0.2) is 4.79 Å². The quantitative estimate of drug-likeness (QED) is 0.148. The molecule has 1 unspecified atom stereocenters. The molecule has 12 heteroatoms. The third kappa shape index (κ3) is 7.26. The number of Topliss-reactive ketones (excluding diaryl/α,β-unsaturated/α-hetero) is 1. The third-order valence-electron chi connectivity index (χ3n) is 14.4. The molecule has 0 aromatic carbocycles. The second kappa shape index (κ2) is 14.3. The van der Waals surface area contributed by atoms with Gasteiger partial charge < -0.3 is 31.9 Å². The normalized spacial score (nSPS) is 27.7. The molecule has 292 valence electrons. The van der Waals surface area contributed by atoms with Crippen molar-refractivity contribution in [1.29, 1.82) is 0 Å². The lowest BCUT2D eigenvalue weighted by Crippen LogP contribution is -2.62. The van der Waals surface area contributed by atoms with Crippen molar-refractivity contribution in [2.24, 2.45) is 38.7 Å². The second-order valence-corrected chi connectivity index (χ2v) is 19.7. The van der Waals surface area contributed by atoms with Crippen molar-refractivity contribution in [1.82, 2.24) is 26.2 Å². The SMILES string of the molecule is CC(C)(C)[C@H](NC(=O)N[C@H](CNC(=O)C1(N)CCCCC1)C(C)(C)C)C(=O)N1C[C@]2(C[C@H]1C(=O)NC(CC1CCC1)C(=O)C=O)C(C)(C)C21CCC1. The van der Waals surface area contributed by atoms with Gasteiger partial charge in [0.2, 0.25) is 23.5 Å². The van der Waals surface area contributed by atoms with E-state index in [0.29, 0.717) is 32.2 Å². The number of nitrogens with zero attached hydrogens (tertiary/aromatic N) is 1. The maximum atomic E-state index is 14.8. The van der Waals surface area contributed by atoms with Gasteiger partial charge in [0.05, 0.1) is 17.6 Å². The van der Waals surface area contributed by atoms with E-state index >= 15 is 0 Å². The summed E-state index contributed by atoms with van der Waals surface area (Å²) in [5.74, 6) is -1.35. The van der Waals surface area contributed by atoms with E-state index in [1.165, 1.54) is 0 Å². The summed E-state index contributed by atoms with van der Waals surface area (Å²) in [7, 11) is 0. The van der Waals surface area contributed by atoms with Crippen molar-refractivity contribution in [2.75, 3.05) is 13.1 Å². The van der Waals surface area contributed by atoms with Crippen LogP contribution in [0.4, 0.5) is 4.79 Å². The van der Waals surface area contributed by atoms with Crippen LogP contribution in [0.1, 0.15) is 139 Å². The molecule has 1 aliphatic heterocycles. The van der Waals surface area contributed by atoms with E-state index in [9.17, 15) is 28.8 Å². The zero-order valence-electron chi connectivity index (χ0n) is 33.0. The zero-order chi connectivity index (χ0) is 38.5. The van der Waals surface area contributed by atoms with Gasteiger partial charge in [-0.1, -0.05) is 100 Å². The van der Waals surface area contributed by atoms with E-state index in [-0.39, 0.29) is 46.8 Å². The number of likely N-dealkylation sites (tertiary alicyclic amines) is 1. The maximum Gasteiger partial charge on any atom is 0.315 e.